The van der Waals surface area contributed by atoms with Gasteiger partial charge in [-0.15, -0.1) is 11.8 Å². The van der Waals surface area contributed by atoms with Crippen LogP contribution >= 0.6 is 11.8 Å². The molecule has 0 radical (unpaired) electrons. The van der Waals surface area contributed by atoms with Crippen molar-refractivity contribution in [2.75, 3.05) is 14.2 Å². The molecule has 2 rings (SSSR count). The average Bonchev–Trinajstić information content (AvgIpc) is 2.39. The predicted molar refractivity (Wildman–Crippen MR) is 83.1 cm³/mol. The minimum Gasteiger partial charge on any atom is -0.497 e. The number of nitrogens with one attached hydrogen (secondary N) is 1. The zero-order chi connectivity index (χ0) is 13.9. The fraction of sp³-hybridized carbons (Fsp3) is 0.625. The van der Waals surface area contributed by atoms with E-state index >= 15 is 0 Å². The van der Waals surface area contributed by atoms with Crippen molar-refractivity contribution in [3.05, 3.63) is 24.3 Å². The fourth-order valence-electron chi connectivity index (χ4n) is 2.80. The maximum Gasteiger partial charge on any atom is 0.118 e. The highest BCUT2D eigenvalue weighted by molar-refractivity contribution is 8.00. The van der Waals surface area contributed by atoms with Gasteiger partial charge in [-0.05, 0) is 56.0 Å². The van der Waals surface area contributed by atoms with E-state index in [4.69, 9.17) is 4.74 Å². The van der Waals surface area contributed by atoms with Gasteiger partial charge in [0, 0.05) is 16.2 Å². The lowest BCUT2D eigenvalue weighted by atomic mass is 9.75. The highest BCUT2D eigenvalue weighted by atomic mass is 32.2. The molecule has 0 aliphatic heterocycles. The molecule has 0 spiro atoms. The maximum atomic E-state index is 5.21. The summed E-state index contributed by atoms with van der Waals surface area (Å²) in [5.74, 6) is 0.929. The summed E-state index contributed by atoms with van der Waals surface area (Å²) in [6, 6.07) is 9.05. The molecule has 0 amide bonds. The third kappa shape index (κ3) is 3.90. The minimum atomic E-state index is 0.470. The smallest absolute Gasteiger partial charge is 0.118 e. The van der Waals surface area contributed by atoms with Crippen molar-refractivity contribution in [3.8, 4) is 5.75 Å². The molecule has 0 heterocycles. The van der Waals surface area contributed by atoms with Crippen LogP contribution in [0.1, 0.15) is 33.1 Å². The second-order valence-electron chi connectivity index (χ2n) is 6.13. The van der Waals surface area contributed by atoms with Crippen LogP contribution in [0.2, 0.25) is 0 Å². The van der Waals surface area contributed by atoms with Gasteiger partial charge in [0.1, 0.15) is 5.75 Å². The first-order chi connectivity index (χ1) is 9.04. The van der Waals surface area contributed by atoms with Crippen molar-refractivity contribution >= 4 is 11.8 Å². The second kappa shape index (κ2) is 6.19. The highest BCUT2D eigenvalue weighted by Crippen LogP contribution is 2.42. The van der Waals surface area contributed by atoms with Gasteiger partial charge in [-0.1, -0.05) is 13.8 Å². The molecule has 2 unspecified atom stereocenters. The second-order valence-corrected chi connectivity index (χ2v) is 7.45. The topological polar surface area (TPSA) is 21.3 Å². The number of hydrogen-bond donors (Lipinski definition) is 1. The normalized spacial score (nSPS) is 26.1. The van der Waals surface area contributed by atoms with E-state index < -0.39 is 0 Å². The summed E-state index contributed by atoms with van der Waals surface area (Å²) in [6.45, 7) is 4.78. The molecule has 19 heavy (non-hydrogen) atoms. The molecule has 3 heteroatoms. The third-order valence-electron chi connectivity index (χ3n) is 4.05. The van der Waals surface area contributed by atoms with Crippen LogP contribution in [0.3, 0.4) is 0 Å². The van der Waals surface area contributed by atoms with Crippen molar-refractivity contribution in [3.63, 3.8) is 0 Å². The Morgan fingerprint density at radius 1 is 1.26 bits per heavy atom. The Hall–Kier alpha value is -0.670. The summed E-state index contributed by atoms with van der Waals surface area (Å²) in [4.78, 5) is 1.34. The SMILES string of the molecule is CNC1CCC(C)(C)CC1Sc1ccc(OC)cc1. The number of rotatable bonds is 4. The molecule has 2 atom stereocenters. The average molecular weight is 279 g/mol. The molecule has 1 fully saturated rings. The van der Waals surface area contributed by atoms with Crippen LogP contribution < -0.4 is 10.1 Å². The summed E-state index contributed by atoms with van der Waals surface area (Å²) in [5, 5.41) is 4.14. The molecule has 0 saturated heterocycles. The van der Waals surface area contributed by atoms with Gasteiger partial charge in [-0.3, -0.25) is 0 Å². The van der Waals surface area contributed by atoms with Crippen molar-refractivity contribution in [2.24, 2.45) is 5.41 Å². The highest BCUT2D eigenvalue weighted by Gasteiger charge is 2.34. The molecule has 106 valence electrons. The molecule has 0 bridgehead atoms. The Kier molecular flexibility index (Phi) is 4.80. The molecule has 1 aliphatic rings. The molecular weight excluding hydrogens is 254 g/mol. The molecule has 1 N–H and O–H groups in total. The van der Waals surface area contributed by atoms with Crippen molar-refractivity contribution in [1.82, 2.24) is 5.32 Å². The maximum absolute atomic E-state index is 5.21. The van der Waals surface area contributed by atoms with Crippen molar-refractivity contribution in [1.29, 1.82) is 0 Å². The van der Waals surface area contributed by atoms with Crippen molar-refractivity contribution < 1.29 is 4.74 Å². The Morgan fingerprint density at radius 3 is 2.53 bits per heavy atom. The minimum absolute atomic E-state index is 0.470. The van der Waals surface area contributed by atoms with Crippen molar-refractivity contribution in [2.45, 2.75) is 49.3 Å². The number of ether oxygens (including phenoxy) is 1. The summed E-state index contributed by atoms with van der Waals surface area (Å²) in [5.41, 5.74) is 0.470. The molecule has 1 aromatic carbocycles. The number of benzene rings is 1. The Morgan fingerprint density at radius 2 is 1.95 bits per heavy atom. The lowest BCUT2D eigenvalue weighted by molar-refractivity contribution is 0.218. The van der Waals surface area contributed by atoms with E-state index in [-0.39, 0.29) is 0 Å². The van der Waals surface area contributed by atoms with Crippen LogP contribution in [0, 0.1) is 5.41 Å². The van der Waals surface area contributed by atoms with Crippen LogP contribution in [0.25, 0.3) is 0 Å². The van der Waals surface area contributed by atoms with E-state index in [1.54, 1.807) is 7.11 Å². The summed E-state index contributed by atoms with van der Waals surface area (Å²) < 4.78 is 5.21. The standard InChI is InChI=1S/C16H25NOS/c1-16(2)10-9-14(17-3)15(11-16)19-13-7-5-12(18-4)6-8-13/h5-8,14-15,17H,9-11H2,1-4H3. The first-order valence-electron chi connectivity index (χ1n) is 7.02. The van der Waals surface area contributed by atoms with Gasteiger partial charge in [0.15, 0.2) is 0 Å². The first-order valence-corrected chi connectivity index (χ1v) is 7.90. The van der Waals surface area contributed by atoms with Gasteiger partial charge in [-0.25, -0.2) is 0 Å². The van der Waals surface area contributed by atoms with Crippen LogP contribution in [-0.4, -0.2) is 25.4 Å². The first kappa shape index (κ1) is 14.7. The van der Waals surface area contributed by atoms with Gasteiger partial charge >= 0.3 is 0 Å². The predicted octanol–water partition coefficient (Wildman–Crippen LogP) is 3.95. The van der Waals surface area contributed by atoms with Crippen LogP contribution in [-0.2, 0) is 0 Å². The molecule has 1 aromatic rings. The lowest BCUT2D eigenvalue weighted by Crippen LogP contribution is -2.43. The fourth-order valence-corrected chi connectivity index (χ4v) is 4.42. The zero-order valence-corrected chi connectivity index (χ0v) is 13.2. The Balaban J connectivity index is 2.05. The van der Waals surface area contributed by atoms with E-state index in [0.29, 0.717) is 16.7 Å². The number of hydrogen-bond acceptors (Lipinski definition) is 3. The molecule has 0 aromatic heterocycles. The molecule has 1 saturated carbocycles. The van der Waals surface area contributed by atoms with E-state index in [1.807, 2.05) is 23.9 Å². The molecule has 1 aliphatic carbocycles. The van der Waals surface area contributed by atoms with E-state index in [2.05, 4.69) is 38.3 Å². The third-order valence-corrected chi connectivity index (χ3v) is 5.39. The summed E-state index contributed by atoms with van der Waals surface area (Å²) >= 11 is 2.00. The van der Waals surface area contributed by atoms with Gasteiger partial charge < -0.3 is 10.1 Å². The van der Waals surface area contributed by atoms with Crippen LogP contribution in [0.5, 0.6) is 5.75 Å². The number of thioether (sulfide) groups is 1. The quantitative estimate of drug-likeness (QED) is 0.901. The number of methoxy groups -OCH3 is 1. The monoisotopic (exact) mass is 279 g/mol. The largest absolute Gasteiger partial charge is 0.497 e. The van der Waals surface area contributed by atoms with Gasteiger partial charge in [-0.2, -0.15) is 0 Å². The van der Waals surface area contributed by atoms with E-state index in [9.17, 15) is 0 Å². The summed E-state index contributed by atoms with van der Waals surface area (Å²) in [6.07, 6.45) is 3.87. The Bertz CT molecular complexity index is 402. The molecular formula is C16H25NOS. The van der Waals surface area contributed by atoms with E-state index in [0.717, 1.165) is 5.75 Å². The lowest BCUT2D eigenvalue weighted by Gasteiger charge is -2.40. The summed E-state index contributed by atoms with van der Waals surface area (Å²) in [7, 11) is 3.80. The van der Waals surface area contributed by atoms with Crippen LogP contribution in [0.4, 0.5) is 0 Å². The van der Waals surface area contributed by atoms with Gasteiger partial charge in [0.25, 0.3) is 0 Å². The molecule has 2 nitrogen and oxygen atoms in total. The Labute approximate surface area is 121 Å². The van der Waals surface area contributed by atoms with Crippen LogP contribution in [0.15, 0.2) is 29.2 Å². The van der Waals surface area contributed by atoms with Gasteiger partial charge in [0.2, 0.25) is 0 Å². The van der Waals surface area contributed by atoms with E-state index in [1.165, 1.54) is 24.2 Å². The van der Waals surface area contributed by atoms with Gasteiger partial charge in [0.05, 0.1) is 7.11 Å². The zero-order valence-electron chi connectivity index (χ0n) is 12.4.